The minimum atomic E-state index is 0.486. The van der Waals surface area contributed by atoms with E-state index in [2.05, 4.69) is 56.1 Å². The topological polar surface area (TPSA) is 16.1 Å². The van der Waals surface area contributed by atoms with E-state index in [9.17, 15) is 0 Å². The van der Waals surface area contributed by atoms with Crippen LogP contribution in [0.4, 0.5) is 0 Å². The molecule has 1 atom stereocenters. The molecule has 104 valence electrons. The van der Waals surface area contributed by atoms with Gasteiger partial charge in [0.05, 0.1) is 0 Å². The number of aromatic nitrogens is 1. The van der Waals surface area contributed by atoms with Gasteiger partial charge in [-0.15, -0.1) is 0 Å². The fraction of sp³-hybridized carbons (Fsp3) is 0.312. The second-order valence-corrected chi connectivity index (χ2v) is 6.41. The van der Waals surface area contributed by atoms with Crippen molar-refractivity contribution in [1.29, 1.82) is 0 Å². The summed E-state index contributed by atoms with van der Waals surface area (Å²) in [5.41, 5.74) is 2.49. The van der Waals surface area contributed by atoms with Crippen molar-refractivity contribution in [1.82, 2.24) is 9.88 Å². The van der Waals surface area contributed by atoms with Crippen molar-refractivity contribution in [3.8, 4) is 0 Å². The van der Waals surface area contributed by atoms with Gasteiger partial charge in [-0.1, -0.05) is 45.7 Å². The highest BCUT2D eigenvalue weighted by molar-refractivity contribution is 9.10. The Morgan fingerprint density at radius 2 is 2.05 bits per heavy atom. The van der Waals surface area contributed by atoms with Gasteiger partial charge < -0.3 is 0 Å². The molecule has 1 unspecified atom stereocenters. The van der Waals surface area contributed by atoms with Crippen LogP contribution in [0.25, 0.3) is 0 Å². The Balaban J connectivity index is 1.79. The molecule has 4 heteroatoms. The van der Waals surface area contributed by atoms with E-state index in [1.165, 1.54) is 18.4 Å². The van der Waals surface area contributed by atoms with Crippen molar-refractivity contribution in [3.05, 3.63) is 63.3 Å². The quantitative estimate of drug-likeness (QED) is 0.736. The molecule has 1 aliphatic heterocycles. The van der Waals surface area contributed by atoms with Crippen molar-refractivity contribution in [2.75, 3.05) is 6.54 Å². The zero-order chi connectivity index (χ0) is 13.9. The van der Waals surface area contributed by atoms with E-state index in [1.54, 1.807) is 6.20 Å². The van der Waals surface area contributed by atoms with Crippen LogP contribution in [-0.2, 0) is 6.54 Å². The highest BCUT2D eigenvalue weighted by Crippen LogP contribution is 2.34. The summed E-state index contributed by atoms with van der Waals surface area (Å²) in [5.74, 6) is 0. The molecule has 1 aliphatic rings. The van der Waals surface area contributed by atoms with Crippen molar-refractivity contribution in [3.63, 3.8) is 0 Å². The van der Waals surface area contributed by atoms with Gasteiger partial charge in [-0.25, -0.2) is 4.98 Å². The summed E-state index contributed by atoms with van der Waals surface area (Å²) < 4.78 is 1.13. The Kier molecular flexibility index (Phi) is 4.39. The molecule has 1 aromatic heterocycles. The van der Waals surface area contributed by atoms with E-state index in [4.69, 9.17) is 11.6 Å². The Morgan fingerprint density at radius 3 is 2.80 bits per heavy atom. The second-order valence-electron chi connectivity index (χ2n) is 5.13. The molecular weight excluding hydrogens is 336 g/mol. The van der Waals surface area contributed by atoms with E-state index < -0.39 is 0 Å². The maximum Gasteiger partial charge on any atom is 0.133 e. The lowest BCUT2D eigenvalue weighted by Gasteiger charge is -2.25. The largest absolute Gasteiger partial charge is 0.292 e. The summed E-state index contributed by atoms with van der Waals surface area (Å²) in [6.07, 6.45) is 4.18. The minimum Gasteiger partial charge on any atom is -0.292 e. The number of likely N-dealkylation sites (tertiary alicyclic amines) is 1. The van der Waals surface area contributed by atoms with Gasteiger partial charge in [0.25, 0.3) is 0 Å². The molecule has 20 heavy (non-hydrogen) atoms. The van der Waals surface area contributed by atoms with Crippen LogP contribution in [0.3, 0.4) is 0 Å². The van der Waals surface area contributed by atoms with Gasteiger partial charge in [0.15, 0.2) is 0 Å². The number of rotatable bonds is 3. The van der Waals surface area contributed by atoms with Crippen molar-refractivity contribution in [2.24, 2.45) is 0 Å². The first-order valence-corrected chi connectivity index (χ1v) is 8.00. The fourth-order valence-electron chi connectivity index (χ4n) is 2.83. The summed E-state index contributed by atoms with van der Waals surface area (Å²) in [7, 11) is 0. The zero-order valence-electron chi connectivity index (χ0n) is 11.1. The summed E-state index contributed by atoms with van der Waals surface area (Å²) in [4.78, 5) is 6.66. The first kappa shape index (κ1) is 14.1. The molecular formula is C16H16BrClN2. The molecule has 2 aromatic rings. The maximum absolute atomic E-state index is 6.17. The average molecular weight is 352 g/mol. The third kappa shape index (κ3) is 3.05. The van der Waals surface area contributed by atoms with E-state index in [-0.39, 0.29) is 0 Å². The van der Waals surface area contributed by atoms with Crippen LogP contribution in [0, 0.1) is 0 Å². The first-order chi connectivity index (χ1) is 9.74. The SMILES string of the molecule is Clc1ncccc1CN1CCCC1c1ccc(Br)cc1. The normalized spacial score (nSPS) is 19.4. The molecule has 0 aliphatic carbocycles. The number of nitrogens with zero attached hydrogens (tertiary/aromatic N) is 2. The number of benzene rings is 1. The van der Waals surface area contributed by atoms with Crippen LogP contribution < -0.4 is 0 Å². The summed E-state index contributed by atoms with van der Waals surface area (Å²) >= 11 is 9.67. The molecule has 1 fully saturated rings. The number of hydrogen-bond acceptors (Lipinski definition) is 2. The van der Waals surface area contributed by atoms with Gasteiger partial charge in [0.2, 0.25) is 0 Å². The van der Waals surface area contributed by atoms with Gasteiger partial charge in [-0.05, 0) is 43.1 Å². The standard InChI is InChI=1S/C16H16BrClN2/c17-14-7-5-12(6-8-14)15-4-2-10-20(15)11-13-3-1-9-19-16(13)18/h1,3,5-9,15H,2,4,10-11H2. The summed E-state index contributed by atoms with van der Waals surface area (Å²) in [6.45, 7) is 1.99. The lowest BCUT2D eigenvalue weighted by molar-refractivity contribution is 0.248. The van der Waals surface area contributed by atoms with Crippen LogP contribution in [0.2, 0.25) is 5.15 Å². The Labute approximate surface area is 132 Å². The monoisotopic (exact) mass is 350 g/mol. The lowest BCUT2D eigenvalue weighted by Crippen LogP contribution is -2.23. The minimum absolute atomic E-state index is 0.486. The Morgan fingerprint density at radius 1 is 1.25 bits per heavy atom. The van der Waals surface area contributed by atoms with E-state index in [1.807, 2.05) is 6.07 Å². The second kappa shape index (κ2) is 6.25. The van der Waals surface area contributed by atoms with Gasteiger partial charge in [-0.3, -0.25) is 4.90 Å². The third-order valence-electron chi connectivity index (χ3n) is 3.83. The molecule has 0 spiro atoms. The molecule has 1 saturated heterocycles. The highest BCUT2D eigenvalue weighted by atomic mass is 79.9. The summed E-state index contributed by atoms with van der Waals surface area (Å²) in [6, 6.07) is 13.1. The molecule has 0 bridgehead atoms. The lowest BCUT2D eigenvalue weighted by atomic mass is 10.0. The zero-order valence-corrected chi connectivity index (χ0v) is 13.4. The molecule has 3 rings (SSSR count). The molecule has 2 nitrogen and oxygen atoms in total. The van der Waals surface area contributed by atoms with Crippen LogP contribution >= 0.6 is 27.5 Å². The van der Waals surface area contributed by atoms with Crippen LogP contribution in [0.1, 0.15) is 30.0 Å². The third-order valence-corrected chi connectivity index (χ3v) is 4.70. The van der Waals surface area contributed by atoms with Crippen molar-refractivity contribution < 1.29 is 0 Å². The molecule has 0 N–H and O–H groups in total. The van der Waals surface area contributed by atoms with E-state index in [0.717, 1.165) is 23.1 Å². The first-order valence-electron chi connectivity index (χ1n) is 6.83. The number of halogens is 2. The van der Waals surface area contributed by atoms with Crippen LogP contribution in [0.5, 0.6) is 0 Å². The van der Waals surface area contributed by atoms with Gasteiger partial charge in [-0.2, -0.15) is 0 Å². The van der Waals surface area contributed by atoms with Crippen LogP contribution in [0.15, 0.2) is 47.1 Å². The number of hydrogen-bond donors (Lipinski definition) is 0. The fourth-order valence-corrected chi connectivity index (χ4v) is 3.28. The van der Waals surface area contributed by atoms with Gasteiger partial charge in [0.1, 0.15) is 5.15 Å². The molecule has 0 radical (unpaired) electrons. The van der Waals surface area contributed by atoms with Gasteiger partial charge in [0, 0.05) is 28.8 Å². The van der Waals surface area contributed by atoms with Crippen molar-refractivity contribution >= 4 is 27.5 Å². The smallest absolute Gasteiger partial charge is 0.133 e. The predicted molar refractivity (Wildman–Crippen MR) is 85.8 cm³/mol. The molecule has 1 aromatic carbocycles. The Bertz CT molecular complexity index is 585. The molecule has 2 heterocycles. The maximum atomic E-state index is 6.17. The highest BCUT2D eigenvalue weighted by Gasteiger charge is 2.26. The van der Waals surface area contributed by atoms with E-state index >= 15 is 0 Å². The average Bonchev–Trinajstić information content (AvgIpc) is 2.90. The van der Waals surface area contributed by atoms with Gasteiger partial charge >= 0.3 is 0 Å². The predicted octanol–water partition coefficient (Wildman–Crippen LogP) is 4.83. The van der Waals surface area contributed by atoms with Crippen LogP contribution in [-0.4, -0.2) is 16.4 Å². The van der Waals surface area contributed by atoms with E-state index in [0.29, 0.717) is 11.2 Å². The van der Waals surface area contributed by atoms with Crippen molar-refractivity contribution in [2.45, 2.75) is 25.4 Å². The summed E-state index contributed by atoms with van der Waals surface area (Å²) in [5, 5.41) is 0.619. The molecule has 0 saturated carbocycles. The molecule has 0 amide bonds. The number of pyridine rings is 1. The Hall–Kier alpha value is -0.900.